The molecule has 1 saturated heterocycles. The van der Waals surface area contributed by atoms with Gasteiger partial charge in [-0.05, 0) is 31.6 Å². The van der Waals surface area contributed by atoms with Gasteiger partial charge >= 0.3 is 5.97 Å². The first-order valence-electron chi connectivity index (χ1n) is 7.68. The molecule has 3 saturated carbocycles. The third-order valence-corrected chi connectivity index (χ3v) is 6.01. The molecule has 3 aliphatic carbocycles. The molecule has 0 spiro atoms. The number of esters is 1. The lowest BCUT2D eigenvalue weighted by atomic mass is 9.58. The van der Waals surface area contributed by atoms with Crippen molar-refractivity contribution in [1.29, 1.82) is 0 Å². The predicted octanol–water partition coefficient (Wildman–Crippen LogP) is 2.97. The van der Waals surface area contributed by atoms with Crippen LogP contribution in [-0.2, 0) is 14.3 Å². The summed E-state index contributed by atoms with van der Waals surface area (Å²) in [5, 5.41) is 0. The summed E-state index contributed by atoms with van der Waals surface area (Å²) in [4.78, 5) is 24.3. The number of hydrogen-bond acceptors (Lipinski definition) is 3. The summed E-state index contributed by atoms with van der Waals surface area (Å²) in [5.74, 6) is 1.72. The van der Waals surface area contributed by atoms with E-state index in [2.05, 4.69) is 6.92 Å². The van der Waals surface area contributed by atoms with Crippen molar-refractivity contribution in [2.75, 3.05) is 0 Å². The normalized spacial score (nSPS) is 40.4. The summed E-state index contributed by atoms with van der Waals surface area (Å²) >= 11 is 0. The van der Waals surface area contributed by atoms with Crippen molar-refractivity contribution >= 4 is 11.8 Å². The summed E-state index contributed by atoms with van der Waals surface area (Å²) in [6.07, 6.45) is 4.78. The van der Waals surface area contributed by atoms with Gasteiger partial charge in [0.25, 0.3) is 0 Å². The van der Waals surface area contributed by atoms with Gasteiger partial charge in [-0.15, -0.1) is 0 Å². The van der Waals surface area contributed by atoms with Crippen molar-refractivity contribution in [2.45, 2.75) is 59.0 Å². The molecule has 4 rings (SSSR count). The van der Waals surface area contributed by atoms with Crippen LogP contribution in [0.1, 0.15) is 52.9 Å². The lowest BCUT2D eigenvalue weighted by Crippen LogP contribution is -2.46. The molecule has 0 aromatic carbocycles. The fourth-order valence-electron chi connectivity index (χ4n) is 4.23. The summed E-state index contributed by atoms with van der Waals surface area (Å²) in [5.41, 5.74) is -0.237. The van der Waals surface area contributed by atoms with Crippen molar-refractivity contribution in [1.82, 2.24) is 0 Å². The molecule has 0 amide bonds. The minimum absolute atomic E-state index is 0.00407. The first kappa shape index (κ1) is 13.1. The Labute approximate surface area is 115 Å². The zero-order valence-electron chi connectivity index (χ0n) is 12.1. The molecule has 1 heterocycles. The molecular formula is C16H24O3. The van der Waals surface area contributed by atoms with E-state index in [1.807, 2.05) is 13.8 Å². The van der Waals surface area contributed by atoms with Gasteiger partial charge < -0.3 is 4.74 Å². The first-order chi connectivity index (χ1) is 8.94. The monoisotopic (exact) mass is 264 g/mol. The van der Waals surface area contributed by atoms with Crippen LogP contribution in [0.5, 0.6) is 0 Å². The van der Waals surface area contributed by atoms with Crippen LogP contribution in [0.3, 0.4) is 0 Å². The number of ketones is 1. The second-order valence-electron chi connectivity index (χ2n) is 7.27. The Hall–Kier alpha value is -0.860. The van der Waals surface area contributed by atoms with Crippen molar-refractivity contribution in [3.63, 3.8) is 0 Å². The average molecular weight is 264 g/mol. The molecule has 4 aliphatic rings. The van der Waals surface area contributed by atoms with Gasteiger partial charge in [0, 0.05) is 23.7 Å². The minimum Gasteiger partial charge on any atom is -0.462 e. The van der Waals surface area contributed by atoms with Gasteiger partial charge in [0.15, 0.2) is 0 Å². The highest BCUT2D eigenvalue weighted by atomic mass is 16.6. The molecule has 0 radical (unpaired) electrons. The number of rotatable bonds is 4. The Balaban J connectivity index is 1.76. The molecule has 19 heavy (non-hydrogen) atoms. The maximum absolute atomic E-state index is 12.5. The topological polar surface area (TPSA) is 43.4 Å². The largest absolute Gasteiger partial charge is 0.462 e. The lowest BCUT2D eigenvalue weighted by Gasteiger charge is -2.45. The molecular weight excluding hydrogens is 240 g/mol. The third kappa shape index (κ3) is 1.93. The fraction of sp³-hybridized carbons (Fsp3) is 0.875. The maximum Gasteiger partial charge on any atom is 0.309 e. The highest BCUT2D eigenvalue weighted by Gasteiger charge is 2.58. The van der Waals surface area contributed by atoms with Gasteiger partial charge in [-0.2, -0.15) is 0 Å². The minimum atomic E-state index is -0.237. The summed E-state index contributed by atoms with van der Waals surface area (Å²) in [6, 6.07) is 0. The molecule has 3 nitrogen and oxygen atoms in total. The van der Waals surface area contributed by atoms with E-state index in [0.29, 0.717) is 30.0 Å². The van der Waals surface area contributed by atoms with Crippen LogP contribution in [-0.4, -0.2) is 17.9 Å². The van der Waals surface area contributed by atoms with Gasteiger partial charge in [0.2, 0.25) is 0 Å². The van der Waals surface area contributed by atoms with E-state index in [4.69, 9.17) is 4.74 Å². The first-order valence-corrected chi connectivity index (χ1v) is 7.68. The van der Waals surface area contributed by atoms with Crippen molar-refractivity contribution in [3.8, 4) is 0 Å². The van der Waals surface area contributed by atoms with E-state index in [0.717, 1.165) is 19.3 Å². The predicted molar refractivity (Wildman–Crippen MR) is 71.4 cm³/mol. The van der Waals surface area contributed by atoms with Gasteiger partial charge in [0.1, 0.15) is 11.9 Å². The number of carbonyl (C=O) groups is 2. The Morgan fingerprint density at radius 2 is 2.11 bits per heavy atom. The zero-order chi connectivity index (χ0) is 13.8. The van der Waals surface area contributed by atoms with E-state index in [-0.39, 0.29) is 23.4 Å². The van der Waals surface area contributed by atoms with E-state index < -0.39 is 0 Å². The second kappa shape index (κ2) is 4.32. The van der Waals surface area contributed by atoms with Crippen molar-refractivity contribution in [3.05, 3.63) is 0 Å². The quantitative estimate of drug-likeness (QED) is 0.733. The number of carbonyl (C=O) groups excluding carboxylic acids is 2. The molecule has 0 N–H and O–H groups in total. The van der Waals surface area contributed by atoms with Crippen LogP contribution < -0.4 is 0 Å². The van der Waals surface area contributed by atoms with Crippen molar-refractivity contribution in [2.24, 2.45) is 29.1 Å². The highest BCUT2D eigenvalue weighted by Crippen LogP contribution is 2.55. The molecule has 5 unspecified atom stereocenters. The van der Waals surface area contributed by atoms with Crippen molar-refractivity contribution < 1.29 is 14.3 Å². The molecule has 4 fully saturated rings. The van der Waals surface area contributed by atoms with Crippen LogP contribution in [0.15, 0.2) is 0 Å². The molecule has 1 aliphatic heterocycles. The SMILES string of the molecule is CCC(C)(C)C(=O)CC1C2CCC3C(C2)C(=O)OC13. The van der Waals surface area contributed by atoms with Gasteiger partial charge in [-0.25, -0.2) is 0 Å². The Morgan fingerprint density at radius 1 is 1.37 bits per heavy atom. The Kier molecular flexibility index (Phi) is 2.99. The summed E-state index contributed by atoms with van der Waals surface area (Å²) in [7, 11) is 0. The fourth-order valence-corrected chi connectivity index (χ4v) is 4.23. The maximum atomic E-state index is 12.5. The Morgan fingerprint density at radius 3 is 2.79 bits per heavy atom. The molecule has 4 bridgehead atoms. The average Bonchev–Trinajstić information content (AvgIpc) is 2.67. The molecule has 0 aromatic heterocycles. The zero-order valence-corrected chi connectivity index (χ0v) is 12.1. The van der Waals surface area contributed by atoms with E-state index >= 15 is 0 Å². The third-order valence-electron chi connectivity index (χ3n) is 6.01. The second-order valence-corrected chi connectivity index (χ2v) is 7.27. The van der Waals surface area contributed by atoms with Gasteiger partial charge in [-0.1, -0.05) is 20.8 Å². The van der Waals surface area contributed by atoms with E-state index in [1.165, 1.54) is 6.42 Å². The van der Waals surface area contributed by atoms with E-state index in [1.54, 1.807) is 0 Å². The Bertz CT molecular complexity index is 412. The molecule has 5 atom stereocenters. The number of fused-ring (bicyclic) bond motifs is 1. The summed E-state index contributed by atoms with van der Waals surface area (Å²) in [6.45, 7) is 6.12. The smallest absolute Gasteiger partial charge is 0.309 e. The van der Waals surface area contributed by atoms with Crippen LogP contribution >= 0.6 is 0 Å². The summed E-state index contributed by atoms with van der Waals surface area (Å²) < 4.78 is 5.59. The van der Waals surface area contributed by atoms with Crippen LogP contribution in [0.25, 0.3) is 0 Å². The van der Waals surface area contributed by atoms with Gasteiger partial charge in [0.05, 0.1) is 5.92 Å². The number of hydrogen-bond donors (Lipinski definition) is 0. The number of Topliss-reactive ketones (excluding diaryl/α,β-unsaturated/α-hetero) is 1. The van der Waals surface area contributed by atoms with Gasteiger partial charge in [-0.3, -0.25) is 9.59 Å². The molecule has 106 valence electrons. The van der Waals surface area contributed by atoms with E-state index in [9.17, 15) is 9.59 Å². The number of ether oxygens (including phenoxy) is 1. The lowest BCUT2D eigenvalue weighted by molar-refractivity contribution is -0.146. The van der Waals surface area contributed by atoms with Crippen LogP contribution in [0, 0.1) is 29.1 Å². The van der Waals surface area contributed by atoms with Crippen LogP contribution in [0.4, 0.5) is 0 Å². The standard InChI is InChI=1S/C16H24O3/c1-4-16(2,3)13(17)8-11-9-5-6-10-12(7-9)15(18)19-14(10)11/h9-12,14H,4-8H2,1-3H3. The molecule has 0 aromatic rings. The molecule has 3 heteroatoms. The highest BCUT2D eigenvalue weighted by molar-refractivity contribution is 5.84. The van der Waals surface area contributed by atoms with Crippen LogP contribution in [0.2, 0.25) is 0 Å².